The van der Waals surface area contributed by atoms with E-state index in [4.69, 9.17) is 15.2 Å². The van der Waals surface area contributed by atoms with Crippen LogP contribution in [0.3, 0.4) is 0 Å². The summed E-state index contributed by atoms with van der Waals surface area (Å²) < 4.78 is 5.04. The lowest BCUT2D eigenvalue weighted by molar-refractivity contribution is -0.334. The lowest BCUT2D eigenvalue weighted by Crippen LogP contribution is -2.33. The van der Waals surface area contributed by atoms with E-state index in [1.165, 1.54) is 0 Å². The number of aliphatic hydroxyl groups is 1. The molecule has 36 heavy (non-hydrogen) atoms. The van der Waals surface area contributed by atoms with Crippen molar-refractivity contribution in [1.82, 2.24) is 10.8 Å². The van der Waals surface area contributed by atoms with E-state index in [-0.39, 0.29) is 18.3 Å². The zero-order valence-corrected chi connectivity index (χ0v) is 20.9. The van der Waals surface area contributed by atoms with Gasteiger partial charge in [-0.05, 0) is 38.0 Å². The van der Waals surface area contributed by atoms with Crippen LogP contribution in [0.4, 0.5) is 0 Å². The molecule has 1 rings (SSSR count). The van der Waals surface area contributed by atoms with Gasteiger partial charge in [0.2, 0.25) is 0 Å². The van der Waals surface area contributed by atoms with Gasteiger partial charge in [0.05, 0.1) is 11.8 Å². The summed E-state index contributed by atoms with van der Waals surface area (Å²) in [6, 6.07) is 0. The smallest absolute Gasteiger partial charge is 0.306 e. The largest absolute Gasteiger partial charge is 0.738 e. The quantitative estimate of drug-likeness (QED) is 0.0598. The van der Waals surface area contributed by atoms with Gasteiger partial charge in [-0.1, -0.05) is 62.8 Å². The SMILES string of the molecule is CCCCC[C@H](O)/C=C/[C@H]1CC/C(=N/O)[C@@H]1CCCCCCC(=O)OC(CON([O-])O)CON([O-])O. The Balaban J connectivity index is 2.34. The molecule has 4 N–H and O–H groups in total. The van der Waals surface area contributed by atoms with Crippen molar-refractivity contribution in [3.63, 3.8) is 0 Å². The molecule has 210 valence electrons. The summed E-state index contributed by atoms with van der Waals surface area (Å²) in [5, 5.41) is 59.2. The molecule has 0 bridgehead atoms. The molecule has 13 heteroatoms. The van der Waals surface area contributed by atoms with Crippen LogP contribution >= 0.6 is 0 Å². The van der Waals surface area contributed by atoms with Gasteiger partial charge in [-0.2, -0.15) is 0 Å². The highest BCUT2D eigenvalue weighted by Gasteiger charge is 2.31. The number of hydrogen-bond donors (Lipinski definition) is 4. The Morgan fingerprint density at radius 2 is 1.78 bits per heavy atom. The first-order chi connectivity index (χ1) is 17.3. The van der Waals surface area contributed by atoms with Crippen LogP contribution in [0.15, 0.2) is 17.3 Å². The number of carbonyl (C=O) groups is 1. The summed E-state index contributed by atoms with van der Waals surface area (Å²) in [5.74, 6) is -0.230. The molecule has 0 aromatic rings. The molecule has 0 aromatic carbocycles. The zero-order valence-electron chi connectivity index (χ0n) is 20.9. The number of allylic oxidation sites excluding steroid dienone is 1. The molecule has 0 unspecified atom stereocenters. The van der Waals surface area contributed by atoms with Gasteiger partial charge in [-0.25, -0.2) is 0 Å². The fraction of sp³-hybridized carbons (Fsp3) is 0.826. The van der Waals surface area contributed by atoms with Crippen molar-refractivity contribution < 1.29 is 39.9 Å². The second-order valence-corrected chi connectivity index (χ2v) is 8.98. The molecular formula is C23H41N3O10-2. The van der Waals surface area contributed by atoms with Crippen LogP contribution in [0.1, 0.15) is 84.0 Å². The van der Waals surface area contributed by atoms with Crippen molar-refractivity contribution in [1.29, 1.82) is 0 Å². The number of esters is 1. The molecule has 1 fully saturated rings. The molecule has 13 nitrogen and oxygen atoms in total. The van der Waals surface area contributed by atoms with Crippen LogP contribution in [0.25, 0.3) is 0 Å². The Kier molecular flexibility index (Phi) is 17.5. The summed E-state index contributed by atoms with van der Waals surface area (Å²) >= 11 is 0. The average molecular weight is 520 g/mol. The number of carbonyl (C=O) groups excluding carboxylic acids is 1. The number of rotatable bonds is 20. The molecular weight excluding hydrogens is 478 g/mol. The first-order valence-corrected chi connectivity index (χ1v) is 12.6. The van der Waals surface area contributed by atoms with E-state index in [0.29, 0.717) is 6.42 Å². The van der Waals surface area contributed by atoms with E-state index < -0.39 is 42.2 Å². The lowest BCUT2D eigenvalue weighted by Gasteiger charge is -2.25. The van der Waals surface area contributed by atoms with E-state index >= 15 is 0 Å². The lowest BCUT2D eigenvalue weighted by atomic mass is 9.89. The summed E-state index contributed by atoms with van der Waals surface area (Å²) in [6.07, 6.45) is 11.9. The third kappa shape index (κ3) is 14.8. The van der Waals surface area contributed by atoms with E-state index in [1.807, 2.05) is 6.08 Å². The number of aliphatic hydroxyl groups excluding tert-OH is 1. The number of oxime groups is 1. The Morgan fingerprint density at radius 1 is 1.11 bits per heavy atom. The summed E-state index contributed by atoms with van der Waals surface area (Å²) in [5.41, 5.74) is 0.795. The average Bonchev–Trinajstić information content (AvgIpc) is 3.23. The van der Waals surface area contributed by atoms with Crippen molar-refractivity contribution in [2.75, 3.05) is 13.2 Å². The predicted octanol–water partition coefficient (Wildman–Crippen LogP) is 3.83. The fourth-order valence-electron chi connectivity index (χ4n) is 4.30. The second-order valence-electron chi connectivity index (χ2n) is 8.98. The Bertz CT molecular complexity index is 636. The Hall–Kier alpha value is -1.68. The van der Waals surface area contributed by atoms with Gasteiger partial charge >= 0.3 is 5.97 Å². The molecule has 0 saturated heterocycles. The second kappa shape index (κ2) is 19.4. The molecule has 1 saturated carbocycles. The minimum atomic E-state index is -1.18. The zero-order chi connectivity index (χ0) is 26.8. The standard InChI is InChI=1S/C23H41N3O10/c1-2-3-6-9-19(27)14-12-18-13-15-22(24-29)21(18)10-7-4-5-8-11-23(28)36-20(16-34-25(30)31)17-35-26(32)33/h12,14,18-21,27,29-30,32H,2-11,13,15-17H2,1H3/q-2/b14-12+,24-22-/t18-,19-,21+/m0/s1. The fourth-order valence-corrected chi connectivity index (χ4v) is 4.30. The molecule has 0 aliphatic heterocycles. The topological polar surface area (TPSA) is 191 Å². The molecule has 0 radical (unpaired) electrons. The van der Waals surface area contributed by atoms with Crippen LogP contribution in [0, 0.1) is 22.3 Å². The van der Waals surface area contributed by atoms with Gasteiger partial charge in [-0.15, -0.1) is 10.8 Å². The highest BCUT2D eigenvalue weighted by Crippen LogP contribution is 2.35. The van der Waals surface area contributed by atoms with Gasteiger partial charge < -0.3 is 35.9 Å². The molecule has 1 aliphatic rings. The Labute approximate surface area is 211 Å². The van der Waals surface area contributed by atoms with Crippen LogP contribution in [-0.4, -0.2) is 68.6 Å². The molecule has 0 amide bonds. The molecule has 0 aromatic heterocycles. The van der Waals surface area contributed by atoms with Crippen molar-refractivity contribution in [2.45, 2.75) is 96.2 Å². The van der Waals surface area contributed by atoms with E-state index in [9.17, 15) is 25.5 Å². The summed E-state index contributed by atoms with van der Waals surface area (Å²) in [4.78, 5) is 20.5. The molecule has 1 aliphatic carbocycles. The van der Waals surface area contributed by atoms with Gasteiger partial charge in [-0.3, -0.25) is 14.5 Å². The predicted molar refractivity (Wildman–Crippen MR) is 128 cm³/mol. The van der Waals surface area contributed by atoms with E-state index in [1.54, 1.807) is 0 Å². The number of nitrogens with zero attached hydrogens (tertiary/aromatic N) is 3. The monoisotopic (exact) mass is 519 g/mol. The number of hydrogen-bond acceptors (Lipinski definition) is 13. The van der Waals surface area contributed by atoms with Crippen molar-refractivity contribution in [3.05, 3.63) is 22.6 Å². The molecule has 0 spiro atoms. The van der Waals surface area contributed by atoms with Crippen LogP contribution in [-0.2, 0) is 19.2 Å². The Morgan fingerprint density at radius 3 is 2.39 bits per heavy atom. The van der Waals surface area contributed by atoms with Crippen LogP contribution in [0.5, 0.6) is 0 Å². The van der Waals surface area contributed by atoms with Crippen molar-refractivity contribution in [2.24, 2.45) is 17.0 Å². The maximum Gasteiger partial charge on any atom is 0.306 e. The number of ether oxygens (including phenoxy) is 1. The van der Waals surface area contributed by atoms with E-state index in [2.05, 4.69) is 27.8 Å². The van der Waals surface area contributed by atoms with Crippen molar-refractivity contribution >= 4 is 11.7 Å². The molecule has 0 heterocycles. The molecule has 3 atom stereocenters. The third-order valence-electron chi connectivity index (χ3n) is 6.18. The van der Waals surface area contributed by atoms with Gasteiger partial charge in [0.25, 0.3) is 0 Å². The van der Waals surface area contributed by atoms with Gasteiger partial charge in [0.15, 0.2) is 6.10 Å². The summed E-state index contributed by atoms with van der Waals surface area (Å²) in [7, 11) is 0. The minimum Gasteiger partial charge on any atom is -0.738 e. The highest BCUT2D eigenvalue weighted by molar-refractivity contribution is 5.88. The van der Waals surface area contributed by atoms with Crippen LogP contribution in [0.2, 0.25) is 0 Å². The van der Waals surface area contributed by atoms with Gasteiger partial charge in [0.1, 0.15) is 13.2 Å². The maximum absolute atomic E-state index is 12.0. The van der Waals surface area contributed by atoms with Gasteiger partial charge in [0, 0.05) is 12.3 Å². The first-order valence-electron chi connectivity index (χ1n) is 12.6. The highest BCUT2D eigenvalue weighted by atomic mass is 17.1. The van der Waals surface area contributed by atoms with Crippen molar-refractivity contribution in [3.8, 4) is 0 Å². The minimum absolute atomic E-state index is 0.0883. The number of unbranched alkanes of at least 4 members (excludes halogenated alkanes) is 5. The normalized spacial score (nSPS) is 20.4. The summed E-state index contributed by atoms with van der Waals surface area (Å²) in [6.45, 7) is 0.990. The van der Waals surface area contributed by atoms with E-state index in [0.717, 1.165) is 69.9 Å². The maximum atomic E-state index is 12.0. The van der Waals surface area contributed by atoms with Crippen LogP contribution < -0.4 is 0 Å². The first kappa shape index (κ1) is 32.3. The third-order valence-corrected chi connectivity index (χ3v) is 6.18.